The van der Waals surface area contributed by atoms with Crippen LogP contribution in [-0.4, -0.2) is 25.3 Å². The lowest BCUT2D eigenvalue weighted by Crippen LogP contribution is -2.32. The molecule has 0 amide bonds. The van der Waals surface area contributed by atoms with Crippen LogP contribution in [0.25, 0.3) is 0 Å². The lowest BCUT2D eigenvalue weighted by Gasteiger charge is -2.13. The third kappa shape index (κ3) is 6.21. The molecule has 0 radical (unpaired) electrons. The molecule has 0 aromatic carbocycles. The number of rotatable bonds is 12. The van der Waals surface area contributed by atoms with Crippen molar-refractivity contribution in [3.05, 3.63) is 12.2 Å². The van der Waals surface area contributed by atoms with Gasteiger partial charge in [-0.2, -0.15) is 0 Å². The van der Waals surface area contributed by atoms with Crippen LogP contribution in [0, 0.1) is 5.92 Å². The van der Waals surface area contributed by atoms with Gasteiger partial charge in [0.15, 0.2) is 5.60 Å². The molecule has 0 N–H and O–H groups in total. The van der Waals surface area contributed by atoms with E-state index in [1.54, 1.807) is 0 Å². The normalized spacial score (nSPS) is 22.4. The molecule has 0 saturated carbocycles. The Morgan fingerprint density at radius 2 is 1.76 bits per heavy atom. The fourth-order valence-electron chi connectivity index (χ4n) is 2.67. The van der Waals surface area contributed by atoms with E-state index >= 15 is 0 Å². The van der Waals surface area contributed by atoms with Crippen molar-refractivity contribution in [1.29, 1.82) is 0 Å². The van der Waals surface area contributed by atoms with Gasteiger partial charge in [0.1, 0.15) is 0 Å². The Morgan fingerprint density at radius 1 is 1.19 bits per heavy atom. The number of ether oxygens (including phenoxy) is 2. The summed E-state index contributed by atoms with van der Waals surface area (Å²) in [5.41, 5.74) is -0.690. The molecule has 0 aromatic rings. The molecule has 1 heterocycles. The van der Waals surface area contributed by atoms with Crippen molar-refractivity contribution >= 4 is 5.97 Å². The minimum atomic E-state index is -0.690. The Balaban J connectivity index is 2.03. The number of hydrogen-bond acceptors (Lipinski definition) is 3. The minimum absolute atomic E-state index is 0.0963. The predicted octanol–water partition coefficient (Wildman–Crippen LogP) is 4.65. The quantitative estimate of drug-likeness (QED) is 0.228. The van der Waals surface area contributed by atoms with Crippen LogP contribution in [0.2, 0.25) is 0 Å². The Labute approximate surface area is 130 Å². The SMILES string of the molecule is CCCCCCCCCC/C=C\C(C)C1(C(=O)OC)CO1. The first kappa shape index (κ1) is 18.2. The van der Waals surface area contributed by atoms with Crippen molar-refractivity contribution in [2.45, 2.75) is 77.2 Å². The summed E-state index contributed by atoms with van der Waals surface area (Å²) in [5, 5.41) is 0. The number of esters is 1. The minimum Gasteiger partial charge on any atom is -0.467 e. The molecule has 1 aliphatic heterocycles. The Kier molecular flexibility index (Phi) is 8.67. The maximum atomic E-state index is 11.6. The van der Waals surface area contributed by atoms with Gasteiger partial charge in [0.05, 0.1) is 13.7 Å². The van der Waals surface area contributed by atoms with Crippen LogP contribution < -0.4 is 0 Å². The highest BCUT2D eigenvalue weighted by Gasteiger charge is 2.56. The molecule has 21 heavy (non-hydrogen) atoms. The predicted molar refractivity (Wildman–Crippen MR) is 86.2 cm³/mol. The molecular formula is C18H32O3. The number of allylic oxidation sites excluding steroid dienone is 1. The number of epoxide rings is 1. The van der Waals surface area contributed by atoms with E-state index in [1.165, 1.54) is 58.5 Å². The topological polar surface area (TPSA) is 38.8 Å². The summed E-state index contributed by atoms with van der Waals surface area (Å²) >= 11 is 0. The zero-order valence-corrected chi connectivity index (χ0v) is 14.0. The highest BCUT2D eigenvalue weighted by Crippen LogP contribution is 2.37. The maximum Gasteiger partial charge on any atom is 0.341 e. The third-order valence-corrected chi connectivity index (χ3v) is 4.37. The number of unbranched alkanes of at least 4 members (excludes halogenated alkanes) is 8. The smallest absolute Gasteiger partial charge is 0.341 e. The molecule has 0 bridgehead atoms. The van der Waals surface area contributed by atoms with Crippen LogP contribution in [-0.2, 0) is 14.3 Å². The third-order valence-electron chi connectivity index (χ3n) is 4.37. The maximum absolute atomic E-state index is 11.6. The standard InChI is InChI=1S/C18H32O3/c1-4-5-6-7-8-9-10-11-12-13-14-16(2)18(15-21-18)17(19)20-3/h13-14,16H,4-12,15H2,1-3H3/b14-13-. The molecule has 1 fully saturated rings. The lowest BCUT2D eigenvalue weighted by atomic mass is 9.94. The first-order valence-corrected chi connectivity index (χ1v) is 8.56. The first-order valence-electron chi connectivity index (χ1n) is 8.56. The van der Waals surface area contributed by atoms with Crippen LogP contribution >= 0.6 is 0 Å². The highest BCUT2D eigenvalue weighted by atomic mass is 16.6. The number of carbonyl (C=O) groups excluding carboxylic acids is 1. The average molecular weight is 296 g/mol. The zero-order chi connectivity index (χ0) is 15.6. The molecule has 2 atom stereocenters. The second-order valence-corrected chi connectivity index (χ2v) is 6.15. The molecule has 122 valence electrons. The van der Waals surface area contributed by atoms with Crippen molar-refractivity contribution in [3.63, 3.8) is 0 Å². The van der Waals surface area contributed by atoms with Gasteiger partial charge in [-0.1, -0.05) is 70.9 Å². The number of methoxy groups -OCH3 is 1. The van der Waals surface area contributed by atoms with E-state index in [1.807, 2.05) is 6.92 Å². The molecule has 0 spiro atoms. The fraction of sp³-hybridized carbons (Fsp3) is 0.833. The number of hydrogen-bond donors (Lipinski definition) is 0. The van der Waals surface area contributed by atoms with Crippen molar-refractivity contribution in [2.24, 2.45) is 5.92 Å². The summed E-state index contributed by atoms with van der Waals surface area (Å²) in [4.78, 5) is 11.6. The van der Waals surface area contributed by atoms with E-state index in [-0.39, 0.29) is 11.9 Å². The van der Waals surface area contributed by atoms with E-state index in [0.717, 1.165) is 6.42 Å². The second kappa shape index (κ2) is 9.99. The molecule has 3 nitrogen and oxygen atoms in total. The van der Waals surface area contributed by atoms with Gasteiger partial charge >= 0.3 is 5.97 Å². The van der Waals surface area contributed by atoms with E-state index < -0.39 is 5.60 Å². The van der Waals surface area contributed by atoms with E-state index in [9.17, 15) is 4.79 Å². The van der Waals surface area contributed by atoms with Gasteiger partial charge in [-0.3, -0.25) is 0 Å². The van der Waals surface area contributed by atoms with Gasteiger partial charge in [-0.05, 0) is 12.8 Å². The van der Waals surface area contributed by atoms with Crippen molar-refractivity contribution in [2.75, 3.05) is 13.7 Å². The van der Waals surface area contributed by atoms with Crippen molar-refractivity contribution < 1.29 is 14.3 Å². The van der Waals surface area contributed by atoms with Crippen molar-refractivity contribution in [1.82, 2.24) is 0 Å². The Morgan fingerprint density at radius 3 is 2.29 bits per heavy atom. The summed E-state index contributed by atoms with van der Waals surface area (Å²) < 4.78 is 10.1. The Hall–Kier alpha value is -0.830. The molecule has 0 aromatic heterocycles. The van der Waals surface area contributed by atoms with E-state index in [4.69, 9.17) is 9.47 Å². The van der Waals surface area contributed by atoms with Gasteiger partial charge < -0.3 is 9.47 Å². The summed E-state index contributed by atoms with van der Waals surface area (Å²) in [6.45, 7) is 4.77. The molecule has 1 saturated heterocycles. The molecule has 3 heteroatoms. The van der Waals surface area contributed by atoms with Crippen LogP contribution in [0.5, 0.6) is 0 Å². The number of carbonyl (C=O) groups is 1. The van der Waals surface area contributed by atoms with Gasteiger partial charge in [0.25, 0.3) is 0 Å². The van der Waals surface area contributed by atoms with Gasteiger partial charge in [0.2, 0.25) is 0 Å². The van der Waals surface area contributed by atoms with Gasteiger partial charge in [-0.25, -0.2) is 4.79 Å². The molecule has 1 aliphatic rings. The van der Waals surface area contributed by atoms with Gasteiger partial charge in [0, 0.05) is 5.92 Å². The van der Waals surface area contributed by atoms with Gasteiger partial charge in [-0.15, -0.1) is 0 Å². The zero-order valence-electron chi connectivity index (χ0n) is 14.0. The Bertz CT molecular complexity index is 318. The lowest BCUT2D eigenvalue weighted by molar-refractivity contribution is -0.148. The van der Waals surface area contributed by atoms with E-state index in [0.29, 0.717) is 6.61 Å². The van der Waals surface area contributed by atoms with Crippen molar-refractivity contribution in [3.8, 4) is 0 Å². The summed E-state index contributed by atoms with van der Waals surface area (Å²) in [5.74, 6) is -0.147. The van der Waals surface area contributed by atoms with Crippen LogP contribution in [0.4, 0.5) is 0 Å². The largest absolute Gasteiger partial charge is 0.467 e. The molecule has 2 unspecified atom stereocenters. The van der Waals surface area contributed by atoms with Crippen LogP contribution in [0.15, 0.2) is 12.2 Å². The average Bonchev–Trinajstić information content (AvgIpc) is 3.30. The van der Waals surface area contributed by atoms with Crippen LogP contribution in [0.3, 0.4) is 0 Å². The van der Waals surface area contributed by atoms with E-state index in [2.05, 4.69) is 19.1 Å². The molecule has 1 rings (SSSR count). The highest BCUT2D eigenvalue weighted by molar-refractivity contribution is 5.83. The van der Waals surface area contributed by atoms with Crippen LogP contribution in [0.1, 0.15) is 71.6 Å². The summed E-state index contributed by atoms with van der Waals surface area (Å²) in [7, 11) is 1.42. The second-order valence-electron chi connectivity index (χ2n) is 6.15. The molecule has 0 aliphatic carbocycles. The first-order chi connectivity index (χ1) is 10.2. The molecular weight excluding hydrogens is 264 g/mol. The summed E-state index contributed by atoms with van der Waals surface area (Å²) in [6.07, 6.45) is 16.1. The summed E-state index contributed by atoms with van der Waals surface area (Å²) in [6, 6.07) is 0. The fourth-order valence-corrected chi connectivity index (χ4v) is 2.67. The monoisotopic (exact) mass is 296 g/mol.